The van der Waals surface area contributed by atoms with Gasteiger partial charge in [0.25, 0.3) is 0 Å². The monoisotopic (exact) mass is 131 g/mol. The second-order valence-electron chi connectivity index (χ2n) is 1.47. The molecule has 0 rings (SSSR count). The summed E-state index contributed by atoms with van der Waals surface area (Å²) in [4.78, 5) is 9.93. The molecule has 0 saturated heterocycles. The highest BCUT2D eigenvalue weighted by Gasteiger charge is 1.97. The van der Waals surface area contributed by atoms with Gasteiger partial charge >= 0.3 is 5.97 Å². The highest BCUT2D eigenvalue weighted by atomic mass is 16.4. The summed E-state index contributed by atoms with van der Waals surface area (Å²) in [6.45, 7) is -0.131. The van der Waals surface area contributed by atoms with E-state index in [4.69, 9.17) is 10.8 Å². The fourth-order valence-corrected chi connectivity index (χ4v) is 0.350. The van der Waals surface area contributed by atoms with E-state index in [-0.39, 0.29) is 6.54 Å². The van der Waals surface area contributed by atoms with Crippen molar-refractivity contribution < 1.29 is 9.90 Å². The summed E-state index contributed by atoms with van der Waals surface area (Å²) < 4.78 is 0. The van der Waals surface area contributed by atoms with E-state index in [9.17, 15) is 4.79 Å². The minimum atomic E-state index is -0.928. The Labute approximate surface area is 52.8 Å². The van der Waals surface area contributed by atoms with Gasteiger partial charge < -0.3 is 10.8 Å². The molecule has 0 unspecified atom stereocenters. The van der Waals surface area contributed by atoms with Crippen LogP contribution in [0.25, 0.3) is 0 Å². The van der Waals surface area contributed by atoms with Crippen molar-refractivity contribution in [1.82, 2.24) is 5.01 Å². The first-order chi connectivity index (χ1) is 4.16. The Morgan fingerprint density at radius 2 is 2.56 bits per heavy atom. The van der Waals surface area contributed by atoms with Crippen LogP contribution in [0.3, 0.4) is 0 Å². The van der Waals surface area contributed by atoms with Gasteiger partial charge in [0.1, 0.15) is 12.9 Å². The largest absolute Gasteiger partial charge is 0.480 e. The van der Waals surface area contributed by atoms with Crippen LogP contribution in [-0.2, 0) is 4.79 Å². The number of carboxylic acids is 1. The normalized spacial score (nSPS) is 9.89. The molecular weight excluding hydrogens is 122 g/mol. The summed E-state index contributed by atoms with van der Waals surface area (Å²) in [5.41, 5.74) is 4.88. The van der Waals surface area contributed by atoms with Crippen molar-refractivity contribution in [2.45, 2.75) is 0 Å². The van der Waals surface area contributed by atoms with Crippen molar-refractivity contribution >= 4 is 12.3 Å². The van der Waals surface area contributed by atoms with E-state index in [1.807, 2.05) is 0 Å². The minimum absolute atomic E-state index is 0.131. The van der Waals surface area contributed by atoms with Crippen molar-refractivity contribution in [2.75, 3.05) is 13.6 Å². The molecule has 0 fully saturated rings. The third-order valence-electron chi connectivity index (χ3n) is 0.628. The first-order valence-electron chi connectivity index (χ1n) is 2.34. The van der Waals surface area contributed by atoms with Gasteiger partial charge in [0.15, 0.2) is 0 Å². The molecule has 0 amide bonds. The van der Waals surface area contributed by atoms with Crippen LogP contribution in [0.2, 0.25) is 0 Å². The minimum Gasteiger partial charge on any atom is -0.480 e. The molecular formula is C4H9N3O2. The average Bonchev–Trinajstić information content (AvgIpc) is 1.63. The lowest BCUT2D eigenvalue weighted by Gasteiger charge is -2.06. The third-order valence-corrected chi connectivity index (χ3v) is 0.628. The predicted octanol–water partition coefficient (Wildman–Crippen LogP) is -1.10. The molecule has 0 aliphatic rings. The quantitative estimate of drug-likeness (QED) is 0.289. The first kappa shape index (κ1) is 7.74. The molecule has 52 valence electrons. The van der Waals surface area contributed by atoms with Crippen LogP contribution in [0.15, 0.2) is 5.10 Å². The number of carboxylic acid groups (broad SMARTS) is 1. The number of rotatable bonds is 3. The number of likely N-dealkylation sites (N-methyl/N-ethyl adjacent to an activating group) is 1. The maximum absolute atomic E-state index is 9.93. The zero-order valence-corrected chi connectivity index (χ0v) is 5.11. The molecule has 5 nitrogen and oxygen atoms in total. The zero-order chi connectivity index (χ0) is 7.28. The van der Waals surface area contributed by atoms with Crippen molar-refractivity contribution in [3.63, 3.8) is 0 Å². The molecule has 0 heterocycles. The molecule has 9 heavy (non-hydrogen) atoms. The van der Waals surface area contributed by atoms with E-state index < -0.39 is 5.97 Å². The van der Waals surface area contributed by atoms with Crippen LogP contribution >= 0.6 is 0 Å². The van der Waals surface area contributed by atoms with E-state index in [1.54, 1.807) is 0 Å². The van der Waals surface area contributed by atoms with Crippen molar-refractivity contribution in [3.05, 3.63) is 0 Å². The van der Waals surface area contributed by atoms with E-state index in [0.717, 1.165) is 6.34 Å². The Morgan fingerprint density at radius 1 is 2.00 bits per heavy atom. The van der Waals surface area contributed by atoms with E-state index >= 15 is 0 Å². The molecule has 0 aliphatic carbocycles. The van der Waals surface area contributed by atoms with Crippen molar-refractivity contribution in [2.24, 2.45) is 10.8 Å². The number of hydrogen-bond donors (Lipinski definition) is 2. The topological polar surface area (TPSA) is 78.9 Å². The van der Waals surface area contributed by atoms with Crippen LogP contribution < -0.4 is 5.73 Å². The van der Waals surface area contributed by atoms with Crippen molar-refractivity contribution in [1.29, 1.82) is 0 Å². The lowest BCUT2D eigenvalue weighted by atomic mass is 10.6. The summed E-state index contributed by atoms with van der Waals surface area (Å²) in [7, 11) is 1.53. The van der Waals surface area contributed by atoms with E-state index in [1.165, 1.54) is 12.1 Å². The molecule has 0 bridgehead atoms. The maximum atomic E-state index is 9.93. The van der Waals surface area contributed by atoms with Gasteiger partial charge in [0.2, 0.25) is 0 Å². The summed E-state index contributed by atoms with van der Waals surface area (Å²) >= 11 is 0. The van der Waals surface area contributed by atoms with Crippen molar-refractivity contribution in [3.8, 4) is 0 Å². The number of aliphatic carboxylic acids is 1. The first-order valence-corrected chi connectivity index (χ1v) is 2.34. The molecule has 0 spiro atoms. The number of hydrogen-bond acceptors (Lipinski definition) is 3. The van der Waals surface area contributed by atoms with E-state index in [0.29, 0.717) is 0 Å². The van der Waals surface area contributed by atoms with Gasteiger partial charge in [-0.2, -0.15) is 5.10 Å². The molecule has 0 aliphatic heterocycles. The lowest BCUT2D eigenvalue weighted by Crippen LogP contribution is -2.21. The molecule has 0 atom stereocenters. The molecule has 3 N–H and O–H groups in total. The van der Waals surface area contributed by atoms with Crippen LogP contribution in [-0.4, -0.2) is 36.0 Å². The Hall–Kier alpha value is -1.26. The van der Waals surface area contributed by atoms with Crippen LogP contribution in [0.1, 0.15) is 0 Å². The van der Waals surface area contributed by atoms with Gasteiger partial charge in [-0.15, -0.1) is 0 Å². The second kappa shape index (κ2) is 3.71. The van der Waals surface area contributed by atoms with Gasteiger partial charge in [-0.05, 0) is 0 Å². The summed E-state index contributed by atoms with van der Waals surface area (Å²) in [6.07, 6.45) is 1.04. The molecule has 5 heteroatoms. The molecule has 0 aromatic rings. The highest BCUT2D eigenvalue weighted by molar-refractivity contribution is 5.69. The number of hydrazone groups is 1. The second-order valence-corrected chi connectivity index (χ2v) is 1.47. The molecule has 0 aromatic heterocycles. The van der Waals surface area contributed by atoms with Crippen LogP contribution in [0.5, 0.6) is 0 Å². The summed E-state index contributed by atoms with van der Waals surface area (Å²) in [5.74, 6) is -0.928. The third kappa shape index (κ3) is 4.60. The smallest absolute Gasteiger partial charge is 0.324 e. The van der Waals surface area contributed by atoms with Gasteiger partial charge in [-0.25, -0.2) is 0 Å². The predicted molar refractivity (Wildman–Crippen MR) is 32.9 cm³/mol. The van der Waals surface area contributed by atoms with Gasteiger partial charge in [-0.1, -0.05) is 0 Å². The SMILES string of the molecule is CN(CC(=O)O)/N=C/N. The molecule has 0 saturated carbocycles. The highest BCUT2D eigenvalue weighted by Crippen LogP contribution is 1.78. The maximum Gasteiger partial charge on any atom is 0.324 e. The summed E-state index contributed by atoms with van der Waals surface area (Å²) in [5, 5.41) is 12.8. The van der Waals surface area contributed by atoms with E-state index in [2.05, 4.69) is 5.10 Å². The fraction of sp³-hybridized carbons (Fsp3) is 0.500. The fourth-order valence-electron chi connectivity index (χ4n) is 0.350. The lowest BCUT2D eigenvalue weighted by molar-refractivity contribution is -0.137. The van der Waals surface area contributed by atoms with Crippen LogP contribution in [0.4, 0.5) is 0 Å². The summed E-state index contributed by atoms with van der Waals surface area (Å²) in [6, 6.07) is 0. The average molecular weight is 131 g/mol. The Bertz CT molecular complexity index is 123. The van der Waals surface area contributed by atoms with Gasteiger partial charge in [-0.3, -0.25) is 9.80 Å². The number of nitrogens with zero attached hydrogens (tertiary/aromatic N) is 2. The number of nitrogens with two attached hydrogens (primary N) is 1. The Morgan fingerprint density at radius 3 is 2.89 bits per heavy atom. The Balaban J connectivity index is 3.50. The zero-order valence-electron chi connectivity index (χ0n) is 5.11. The van der Waals surface area contributed by atoms with Gasteiger partial charge in [0.05, 0.1) is 0 Å². The Kier molecular flexibility index (Phi) is 3.19. The number of carbonyl (C=O) groups is 1. The standard InChI is InChI=1S/C4H9N3O2/c1-7(6-3-5)2-4(8)9/h3H,2H2,1H3,(H2,5,6)(H,8,9). The molecule has 0 radical (unpaired) electrons. The van der Waals surface area contributed by atoms with Crippen LogP contribution in [0, 0.1) is 0 Å². The van der Waals surface area contributed by atoms with Gasteiger partial charge in [0, 0.05) is 7.05 Å². The molecule has 0 aromatic carbocycles.